The summed E-state index contributed by atoms with van der Waals surface area (Å²) in [5, 5.41) is 2.91. The average molecular weight is 354 g/mol. The van der Waals surface area contributed by atoms with E-state index in [2.05, 4.69) is 5.32 Å². The standard InChI is InChI=1S/C16H16ClNO4S/c1-10-8-11(22-2)4-7-15(10)18-16(19)13-9-12(23(3,20)21)5-6-14(13)17/h4-9H,1-3H3,(H,18,19). The molecule has 7 heteroatoms. The summed E-state index contributed by atoms with van der Waals surface area (Å²) in [6, 6.07) is 9.24. The number of rotatable bonds is 4. The van der Waals surface area contributed by atoms with Gasteiger partial charge in [-0.15, -0.1) is 0 Å². The van der Waals surface area contributed by atoms with Gasteiger partial charge in [0.05, 0.1) is 22.6 Å². The molecule has 23 heavy (non-hydrogen) atoms. The number of anilines is 1. The highest BCUT2D eigenvalue weighted by Gasteiger charge is 2.16. The van der Waals surface area contributed by atoms with E-state index in [1.807, 2.05) is 6.92 Å². The second-order valence-corrected chi connectivity index (χ2v) is 7.47. The van der Waals surface area contributed by atoms with Gasteiger partial charge in [0.25, 0.3) is 5.91 Å². The first kappa shape index (κ1) is 17.3. The molecule has 0 heterocycles. The van der Waals surface area contributed by atoms with Crippen LogP contribution in [0.5, 0.6) is 5.75 Å². The van der Waals surface area contributed by atoms with E-state index in [0.29, 0.717) is 11.4 Å². The number of methoxy groups -OCH3 is 1. The van der Waals surface area contributed by atoms with Crippen LogP contribution in [0.1, 0.15) is 15.9 Å². The Hall–Kier alpha value is -2.05. The van der Waals surface area contributed by atoms with Gasteiger partial charge in [-0.2, -0.15) is 0 Å². The van der Waals surface area contributed by atoms with E-state index in [0.717, 1.165) is 11.8 Å². The molecule has 122 valence electrons. The summed E-state index contributed by atoms with van der Waals surface area (Å²) in [6.07, 6.45) is 1.07. The second kappa shape index (κ2) is 6.60. The number of halogens is 1. The molecule has 0 unspecified atom stereocenters. The molecule has 2 aromatic carbocycles. The molecule has 1 amide bonds. The first-order valence-electron chi connectivity index (χ1n) is 6.68. The molecule has 1 N–H and O–H groups in total. The summed E-state index contributed by atoms with van der Waals surface area (Å²) in [5.74, 6) is 0.200. The zero-order chi connectivity index (χ0) is 17.2. The highest BCUT2D eigenvalue weighted by molar-refractivity contribution is 7.90. The minimum Gasteiger partial charge on any atom is -0.497 e. The number of hydrogen-bond donors (Lipinski definition) is 1. The fourth-order valence-electron chi connectivity index (χ4n) is 2.00. The monoisotopic (exact) mass is 353 g/mol. The van der Waals surface area contributed by atoms with Gasteiger partial charge in [0.15, 0.2) is 9.84 Å². The van der Waals surface area contributed by atoms with Gasteiger partial charge in [0, 0.05) is 11.9 Å². The van der Waals surface area contributed by atoms with E-state index in [1.165, 1.54) is 18.2 Å². The lowest BCUT2D eigenvalue weighted by Gasteiger charge is -2.11. The van der Waals surface area contributed by atoms with Crippen molar-refractivity contribution in [2.24, 2.45) is 0 Å². The molecule has 2 aromatic rings. The second-order valence-electron chi connectivity index (χ2n) is 5.05. The maximum atomic E-state index is 12.4. The lowest BCUT2D eigenvalue weighted by molar-refractivity contribution is 0.102. The topological polar surface area (TPSA) is 72.5 Å². The summed E-state index contributed by atoms with van der Waals surface area (Å²) in [4.78, 5) is 12.4. The first-order chi connectivity index (χ1) is 10.7. The summed E-state index contributed by atoms with van der Waals surface area (Å²) < 4.78 is 28.3. The van der Waals surface area contributed by atoms with Crippen molar-refractivity contribution >= 4 is 33.0 Å². The number of aryl methyl sites for hydroxylation is 1. The molecule has 0 saturated heterocycles. The van der Waals surface area contributed by atoms with E-state index in [1.54, 1.807) is 25.3 Å². The van der Waals surface area contributed by atoms with Gasteiger partial charge >= 0.3 is 0 Å². The fourth-order valence-corrected chi connectivity index (χ4v) is 2.85. The predicted octanol–water partition coefficient (Wildman–Crippen LogP) is 3.31. The largest absolute Gasteiger partial charge is 0.497 e. The van der Waals surface area contributed by atoms with Gasteiger partial charge in [0.2, 0.25) is 0 Å². The number of carbonyl (C=O) groups is 1. The molecule has 0 aliphatic heterocycles. The van der Waals surface area contributed by atoms with Crippen molar-refractivity contribution in [1.82, 2.24) is 0 Å². The Labute approximate surface area is 140 Å². The van der Waals surface area contributed by atoms with Crippen LogP contribution in [-0.4, -0.2) is 27.7 Å². The third-order valence-corrected chi connectivity index (χ3v) is 4.73. The van der Waals surface area contributed by atoms with Crippen LogP contribution in [0, 0.1) is 6.92 Å². The van der Waals surface area contributed by atoms with Crippen LogP contribution in [0.15, 0.2) is 41.3 Å². The number of hydrogen-bond acceptors (Lipinski definition) is 4. The van der Waals surface area contributed by atoms with Gasteiger partial charge in [-0.1, -0.05) is 11.6 Å². The van der Waals surface area contributed by atoms with Crippen molar-refractivity contribution in [2.45, 2.75) is 11.8 Å². The van der Waals surface area contributed by atoms with Crippen LogP contribution >= 0.6 is 11.6 Å². The zero-order valence-electron chi connectivity index (χ0n) is 12.9. The van der Waals surface area contributed by atoms with Gasteiger partial charge in [-0.3, -0.25) is 4.79 Å². The van der Waals surface area contributed by atoms with Crippen LogP contribution in [0.25, 0.3) is 0 Å². The third kappa shape index (κ3) is 4.03. The first-order valence-corrected chi connectivity index (χ1v) is 8.95. The fraction of sp³-hybridized carbons (Fsp3) is 0.188. The van der Waals surface area contributed by atoms with E-state index < -0.39 is 15.7 Å². The van der Waals surface area contributed by atoms with Crippen molar-refractivity contribution in [3.63, 3.8) is 0 Å². The maximum Gasteiger partial charge on any atom is 0.257 e. The Morgan fingerprint density at radius 2 is 1.87 bits per heavy atom. The van der Waals surface area contributed by atoms with Gasteiger partial charge in [-0.05, 0) is 48.9 Å². The van der Waals surface area contributed by atoms with Gasteiger partial charge < -0.3 is 10.1 Å². The summed E-state index contributed by atoms with van der Waals surface area (Å²) in [5.41, 5.74) is 1.51. The van der Waals surface area contributed by atoms with Crippen LogP contribution in [0.3, 0.4) is 0 Å². The van der Waals surface area contributed by atoms with Crippen molar-refractivity contribution in [3.8, 4) is 5.75 Å². The minimum atomic E-state index is -3.42. The minimum absolute atomic E-state index is 0.0403. The van der Waals surface area contributed by atoms with Crippen molar-refractivity contribution in [1.29, 1.82) is 0 Å². The van der Waals surface area contributed by atoms with Crippen LogP contribution in [-0.2, 0) is 9.84 Å². The van der Waals surface area contributed by atoms with Gasteiger partial charge in [-0.25, -0.2) is 8.42 Å². The Morgan fingerprint density at radius 3 is 2.43 bits per heavy atom. The van der Waals surface area contributed by atoms with Crippen molar-refractivity contribution in [2.75, 3.05) is 18.7 Å². The Morgan fingerprint density at radius 1 is 1.17 bits per heavy atom. The number of sulfone groups is 1. The van der Waals surface area contributed by atoms with Crippen LogP contribution in [0.2, 0.25) is 5.02 Å². The normalized spacial score (nSPS) is 11.1. The SMILES string of the molecule is COc1ccc(NC(=O)c2cc(S(C)(=O)=O)ccc2Cl)c(C)c1. The predicted molar refractivity (Wildman–Crippen MR) is 90.2 cm³/mol. The van der Waals surface area contributed by atoms with Crippen LogP contribution in [0.4, 0.5) is 5.69 Å². The quantitative estimate of drug-likeness (QED) is 0.915. The van der Waals surface area contributed by atoms with E-state index in [-0.39, 0.29) is 15.5 Å². The molecular weight excluding hydrogens is 338 g/mol. The summed E-state index contributed by atoms with van der Waals surface area (Å²) >= 11 is 6.02. The molecule has 5 nitrogen and oxygen atoms in total. The van der Waals surface area contributed by atoms with E-state index in [4.69, 9.17) is 16.3 Å². The molecule has 0 spiro atoms. The Bertz CT molecular complexity index is 862. The highest BCUT2D eigenvalue weighted by atomic mass is 35.5. The zero-order valence-corrected chi connectivity index (χ0v) is 14.5. The number of amides is 1. The van der Waals surface area contributed by atoms with Gasteiger partial charge in [0.1, 0.15) is 5.75 Å². The molecule has 0 bridgehead atoms. The average Bonchev–Trinajstić information content (AvgIpc) is 2.48. The smallest absolute Gasteiger partial charge is 0.257 e. The molecule has 0 saturated carbocycles. The molecule has 0 aliphatic rings. The Kier molecular flexibility index (Phi) is 4.97. The van der Waals surface area contributed by atoms with Crippen molar-refractivity contribution in [3.05, 3.63) is 52.5 Å². The van der Waals surface area contributed by atoms with Crippen LogP contribution < -0.4 is 10.1 Å². The van der Waals surface area contributed by atoms with E-state index >= 15 is 0 Å². The molecule has 2 rings (SSSR count). The highest BCUT2D eigenvalue weighted by Crippen LogP contribution is 2.24. The third-order valence-electron chi connectivity index (χ3n) is 3.29. The molecule has 0 fully saturated rings. The number of nitrogens with one attached hydrogen (secondary N) is 1. The molecule has 0 aliphatic carbocycles. The van der Waals surface area contributed by atoms with E-state index in [9.17, 15) is 13.2 Å². The van der Waals surface area contributed by atoms with Crippen molar-refractivity contribution < 1.29 is 17.9 Å². The molecule has 0 radical (unpaired) electrons. The molecular formula is C16H16ClNO4S. The number of benzene rings is 2. The number of ether oxygens (including phenoxy) is 1. The summed E-state index contributed by atoms with van der Waals surface area (Å²) in [6.45, 7) is 1.83. The maximum absolute atomic E-state index is 12.4. The lowest BCUT2D eigenvalue weighted by atomic mass is 10.1. The number of carbonyl (C=O) groups excluding carboxylic acids is 1. The molecule has 0 atom stereocenters. The Balaban J connectivity index is 2.34. The lowest BCUT2D eigenvalue weighted by Crippen LogP contribution is -2.14. The summed E-state index contributed by atoms with van der Waals surface area (Å²) in [7, 11) is -1.86. The molecule has 0 aromatic heterocycles.